The lowest BCUT2D eigenvalue weighted by molar-refractivity contribution is 0.590. The third-order valence-electron chi connectivity index (χ3n) is 3.22. The lowest BCUT2D eigenvalue weighted by atomic mass is 10.0. The molecule has 1 atom stereocenters. The molecule has 0 aromatic heterocycles. The van der Waals surface area contributed by atoms with E-state index in [9.17, 15) is 0 Å². The van der Waals surface area contributed by atoms with E-state index in [1.54, 1.807) is 0 Å². The Morgan fingerprint density at radius 1 is 1.44 bits per heavy atom. The maximum Gasteiger partial charge on any atom is 0.0686 e. The van der Waals surface area contributed by atoms with Crippen LogP contribution >= 0.6 is 0 Å². The van der Waals surface area contributed by atoms with E-state index >= 15 is 0 Å². The number of hydrogen-bond donors (Lipinski definition) is 1. The first-order valence-electron chi connectivity index (χ1n) is 6.12. The number of rotatable bonds is 5. The summed E-state index contributed by atoms with van der Waals surface area (Å²) in [7, 11) is 0. The maximum absolute atomic E-state index is 5.45. The number of nitrogens with one attached hydrogen (secondary N) is 1. The van der Waals surface area contributed by atoms with Crippen molar-refractivity contribution in [2.24, 2.45) is 0 Å². The van der Waals surface area contributed by atoms with Gasteiger partial charge in [0.05, 0.1) is 6.04 Å². The minimum Gasteiger partial charge on any atom is -0.300 e. The molecule has 1 fully saturated rings. The number of terminal acetylenes is 1. The lowest BCUT2D eigenvalue weighted by Crippen LogP contribution is -2.26. The van der Waals surface area contributed by atoms with Crippen LogP contribution in [-0.4, -0.2) is 6.04 Å². The van der Waals surface area contributed by atoms with Gasteiger partial charge in [-0.3, -0.25) is 5.32 Å². The Morgan fingerprint density at radius 2 is 2.19 bits per heavy atom. The van der Waals surface area contributed by atoms with Crippen LogP contribution in [0, 0.1) is 12.3 Å². The van der Waals surface area contributed by atoms with Gasteiger partial charge >= 0.3 is 0 Å². The molecular weight excluding hydrogens is 194 g/mol. The molecule has 1 aromatic carbocycles. The maximum atomic E-state index is 5.45. The second-order valence-corrected chi connectivity index (χ2v) is 4.48. The van der Waals surface area contributed by atoms with Crippen LogP contribution in [0.15, 0.2) is 24.3 Å². The van der Waals surface area contributed by atoms with Gasteiger partial charge in [-0.2, -0.15) is 0 Å². The smallest absolute Gasteiger partial charge is 0.0686 e. The Morgan fingerprint density at radius 3 is 2.81 bits per heavy atom. The highest BCUT2D eigenvalue weighted by Crippen LogP contribution is 2.41. The molecule has 0 radical (unpaired) electrons. The van der Waals surface area contributed by atoms with Crippen molar-refractivity contribution in [3.63, 3.8) is 0 Å². The zero-order valence-corrected chi connectivity index (χ0v) is 9.87. The predicted octanol–water partition coefficient (Wildman–Crippen LogP) is 3.07. The van der Waals surface area contributed by atoms with Gasteiger partial charge in [0.25, 0.3) is 0 Å². The third kappa shape index (κ3) is 2.65. The summed E-state index contributed by atoms with van der Waals surface area (Å²) in [5.74, 6) is 3.58. The molecule has 1 unspecified atom stereocenters. The molecule has 0 spiro atoms. The van der Waals surface area contributed by atoms with Gasteiger partial charge < -0.3 is 0 Å². The monoisotopic (exact) mass is 213 g/mol. The van der Waals surface area contributed by atoms with E-state index in [2.05, 4.69) is 42.4 Å². The Hall–Kier alpha value is -1.26. The summed E-state index contributed by atoms with van der Waals surface area (Å²) in [6, 6.07) is 8.91. The van der Waals surface area contributed by atoms with Gasteiger partial charge in [-0.25, -0.2) is 0 Å². The standard InChI is InChI=1S/C15H19N/c1-3-14(4-2)16-11-13-7-5-6-8-15(13)12-9-10-12/h1,5-8,12,14,16H,4,9-11H2,2H3. The summed E-state index contributed by atoms with van der Waals surface area (Å²) in [5.41, 5.74) is 2.93. The molecule has 0 saturated heterocycles. The highest BCUT2D eigenvalue weighted by Gasteiger charge is 2.25. The van der Waals surface area contributed by atoms with Crippen molar-refractivity contribution in [3.05, 3.63) is 35.4 Å². The van der Waals surface area contributed by atoms with Crippen molar-refractivity contribution in [2.45, 2.75) is 44.7 Å². The van der Waals surface area contributed by atoms with E-state index in [1.807, 2.05) is 0 Å². The number of hydrogen-bond acceptors (Lipinski definition) is 1. The molecule has 1 aliphatic carbocycles. The largest absolute Gasteiger partial charge is 0.300 e. The number of benzene rings is 1. The molecule has 1 aliphatic rings. The van der Waals surface area contributed by atoms with Gasteiger partial charge in [-0.15, -0.1) is 6.42 Å². The molecule has 16 heavy (non-hydrogen) atoms. The van der Waals surface area contributed by atoms with Crippen molar-refractivity contribution < 1.29 is 0 Å². The summed E-state index contributed by atoms with van der Waals surface area (Å²) < 4.78 is 0. The predicted molar refractivity (Wildman–Crippen MR) is 68.2 cm³/mol. The van der Waals surface area contributed by atoms with Crippen LogP contribution in [0.3, 0.4) is 0 Å². The van der Waals surface area contributed by atoms with Crippen LogP contribution in [0.5, 0.6) is 0 Å². The van der Waals surface area contributed by atoms with Crippen molar-refractivity contribution >= 4 is 0 Å². The van der Waals surface area contributed by atoms with Gasteiger partial charge in [0.2, 0.25) is 0 Å². The molecule has 1 heteroatoms. The summed E-state index contributed by atoms with van der Waals surface area (Å²) in [5, 5.41) is 3.42. The average molecular weight is 213 g/mol. The highest BCUT2D eigenvalue weighted by molar-refractivity contribution is 5.33. The SMILES string of the molecule is C#CC(CC)NCc1ccccc1C1CC1. The summed E-state index contributed by atoms with van der Waals surface area (Å²) in [4.78, 5) is 0. The average Bonchev–Trinajstić information content (AvgIpc) is 3.15. The molecule has 0 heterocycles. The molecule has 84 valence electrons. The quantitative estimate of drug-likeness (QED) is 0.741. The van der Waals surface area contributed by atoms with Gasteiger partial charge in [0, 0.05) is 6.54 Å². The molecule has 2 rings (SSSR count). The normalized spacial score (nSPS) is 16.8. The fraction of sp³-hybridized carbons (Fsp3) is 0.467. The first-order valence-corrected chi connectivity index (χ1v) is 6.12. The Kier molecular flexibility index (Phi) is 3.64. The second-order valence-electron chi connectivity index (χ2n) is 4.48. The van der Waals surface area contributed by atoms with Crippen molar-refractivity contribution in [2.75, 3.05) is 0 Å². The van der Waals surface area contributed by atoms with Crippen LogP contribution in [0.25, 0.3) is 0 Å². The molecular formula is C15H19N. The molecule has 0 aliphatic heterocycles. The van der Waals surface area contributed by atoms with E-state index < -0.39 is 0 Å². The Bertz CT molecular complexity index is 385. The van der Waals surface area contributed by atoms with E-state index in [1.165, 1.54) is 24.0 Å². The van der Waals surface area contributed by atoms with Gasteiger partial charge in [-0.1, -0.05) is 37.1 Å². The summed E-state index contributed by atoms with van der Waals surface area (Å²) >= 11 is 0. The van der Waals surface area contributed by atoms with Crippen LogP contribution in [-0.2, 0) is 6.54 Å². The van der Waals surface area contributed by atoms with E-state index in [4.69, 9.17) is 6.42 Å². The summed E-state index contributed by atoms with van der Waals surface area (Å²) in [6.45, 7) is 3.01. The Labute approximate surface area is 98.3 Å². The first-order chi connectivity index (χ1) is 7.85. The molecule has 1 N–H and O–H groups in total. The van der Waals surface area contributed by atoms with Crippen LogP contribution in [0.1, 0.15) is 43.2 Å². The fourth-order valence-corrected chi connectivity index (χ4v) is 2.04. The molecule has 0 amide bonds. The molecule has 1 aromatic rings. The van der Waals surface area contributed by atoms with E-state index in [-0.39, 0.29) is 6.04 Å². The molecule has 0 bridgehead atoms. The minimum absolute atomic E-state index is 0.201. The van der Waals surface area contributed by atoms with Crippen LogP contribution < -0.4 is 5.32 Å². The molecule has 1 nitrogen and oxygen atoms in total. The Balaban J connectivity index is 2.01. The van der Waals surface area contributed by atoms with Gasteiger partial charge in [-0.05, 0) is 36.3 Å². The van der Waals surface area contributed by atoms with Gasteiger partial charge in [0.15, 0.2) is 0 Å². The van der Waals surface area contributed by atoms with Crippen molar-refractivity contribution in [3.8, 4) is 12.3 Å². The van der Waals surface area contributed by atoms with Crippen LogP contribution in [0.2, 0.25) is 0 Å². The highest BCUT2D eigenvalue weighted by atomic mass is 14.9. The van der Waals surface area contributed by atoms with Gasteiger partial charge in [0.1, 0.15) is 0 Å². The summed E-state index contributed by atoms with van der Waals surface area (Å²) in [6.07, 6.45) is 9.13. The zero-order chi connectivity index (χ0) is 11.4. The van der Waals surface area contributed by atoms with E-state index in [0.717, 1.165) is 18.9 Å². The minimum atomic E-state index is 0.201. The molecule has 1 saturated carbocycles. The van der Waals surface area contributed by atoms with Crippen LogP contribution in [0.4, 0.5) is 0 Å². The third-order valence-corrected chi connectivity index (χ3v) is 3.22. The van der Waals surface area contributed by atoms with Crippen molar-refractivity contribution in [1.29, 1.82) is 0 Å². The fourth-order valence-electron chi connectivity index (χ4n) is 2.04. The second kappa shape index (κ2) is 5.18. The lowest BCUT2D eigenvalue weighted by Gasteiger charge is -2.13. The van der Waals surface area contributed by atoms with Crippen molar-refractivity contribution in [1.82, 2.24) is 5.32 Å². The first kappa shape index (κ1) is 11.2. The van der Waals surface area contributed by atoms with E-state index in [0.29, 0.717) is 0 Å². The zero-order valence-electron chi connectivity index (χ0n) is 9.87. The topological polar surface area (TPSA) is 12.0 Å².